The van der Waals surface area contributed by atoms with Gasteiger partial charge in [0.05, 0.1) is 19.8 Å². The van der Waals surface area contributed by atoms with Crippen molar-refractivity contribution in [2.75, 3.05) is 39.6 Å². The number of benzene rings is 1. The van der Waals surface area contributed by atoms with Crippen LogP contribution in [0, 0.1) is 0 Å². The number of esters is 3. The van der Waals surface area contributed by atoms with Crippen molar-refractivity contribution < 1.29 is 43.2 Å². The molecular weight excluding hydrogens is 444 g/mol. The van der Waals surface area contributed by atoms with Crippen LogP contribution >= 0.6 is 0 Å². The molecule has 0 radical (unpaired) electrons. The minimum atomic E-state index is -2.96. The average Bonchev–Trinajstić information content (AvgIpc) is 2.83. The number of aliphatic hydroxyl groups is 1. The Kier molecular flexibility index (Phi) is 14.8. The summed E-state index contributed by atoms with van der Waals surface area (Å²) in [5, 5.41) is 10.9. The van der Waals surface area contributed by atoms with Crippen molar-refractivity contribution in [2.24, 2.45) is 0 Å². The van der Waals surface area contributed by atoms with Crippen molar-refractivity contribution in [1.82, 2.24) is 0 Å². The Labute approximate surface area is 201 Å². The molecule has 0 spiro atoms. The first-order chi connectivity index (χ1) is 16.4. The molecule has 0 aliphatic carbocycles. The first kappa shape index (κ1) is 29.5. The molecular formula is C25H38O9. The number of hydrogen-bond acceptors (Lipinski definition) is 9. The standard InChI is InChI=1S/C25H38O9/c1-4-31-22(26)21(25(29,23(27)32-5-2)24(28)33-6-3)34-19-12-8-11-17-30-18-13-16-20-14-9-7-10-15-20/h7,9-10,14-15,21,29H,4-6,8,11-13,16-19H2,1-3H3. The SMILES string of the molecule is CCOC(=O)C(OCCCCCOCCCc1ccccc1)C(O)(C(=O)OCC)C(=O)OCC. The summed E-state index contributed by atoms with van der Waals surface area (Å²) >= 11 is 0. The minimum Gasteiger partial charge on any atom is -0.464 e. The molecule has 34 heavy (non-hydrogen) atoms. The molecule has 1 aromatic rings. The topological polar surface area (TPSA) is 118 Å². The van der Waals surface area contributed by atoms with E-state index in [9.17, 15) is 19.5 Å². The molecule has 0 bridgehead atoms. The van der Waals surface area contributed by atoms with Gasteiger partial charge in [0.25, 0.3) is 5.60 Å². The Bertz CT molecular complexity index is 702. The fraction of sp³-hybridized carbons (Fsp3) is 0.640. The molecule has 0 heterocycles. The average molecular weight is 483 g/mol. The first-order valence-electron chi connectivity index (χ1n) is 11.9. The van der Waals surface area contributed by atoms with Crippen LogP contribution in [-0.2, 0) is 44.5 Å². The van der Waals surface area contributed by atoms with E-state index < -0.39 is 29.6 Å². The van der Waals surface area contributed by atoms with Gasteiger partial charge in [0, 0.05) is 19.8 Å². The molecule has 0 fully saturated rings. The van der Waals surface area contributed by atoms with Gasteiger partial charge in [-0.05, 0) is 58.4 Å². The molecule has 0 saturated carbocycles. The summed E-state index contributed by atoms with van der Waals surface area (Å²) < 4.78 is 25.7. The summed E-state index contributed by atoms with van der Waals surface area (Å²) in [7, 11) is 0. The maximum Gasteiger partial charge on any atom is 0.353 e. The zero-order chi connectivity index (χ0) is 25.2. The summed E-state index contributed by atoms with van der Waals surface area (Å²) in [6, 6.07) is 10.2. The van der Waals surface area contributed by atoms with Crippen LogP contribution in [0.4, 0.5) is 0 Å². The molecule has 0 aliphatic rings. The quantitative estimate of drug-likeness (QED) is 0.146. The lowest BCUT2D eigenvalue weighted by Crippen LogP contribution is -2.61. The van der Waals surface area contributed by atoms with Crippen LogP contribution in [0.25, 0.3) is 0 Å². The van der Waals surface area contributed by atoms with Gasteiger partial charge >= 0.3 is 17.9 Å². The van der Waals surface area contributed by atoms with Crippen molar-refractivity contribution in [3.05, 3.63) is 35.9 Å². The number of hydrogen-bond donors (Lipinski definition) is 1. The fourth-order valence-electron chi connectivity index (χ4n) is 3.17. The maximum atomic E-state index is 12.4. The van der Waals surface area contributed by atoms with E-state index in [1.165, 1.54) is 19.4 Å². The van der Waals surface area contributed by atoms with Crippen molar-refractivity contribution in [3.63, 3.8) is 0 Å². The molecule has 1 rings (SSSR count). The number of rotatable bonds is 18. The molecule has 0 saturated heterocycles. The second-order valence-corrected chi connectivity index (χ2v) is 7.47. The van der Waals surface area contributed by atoms with Gasteiger partial charge in [0.1, 0.15) is 0 Å². The number of ether oxygens (including phenoxy) is 5. The number of carbonyl (C=O) groups is 3. The largest absolute Gasteiger partial charge is 0.464 e. The Morgan fingerprint density at radius 2 is 1.35 bits per heavy atom. The lowest BCUT2D eigenvalue weighted by atomic mass is 9.96. The van der Waals surface area contributed by atoms with Gasteiger partial charge in [-0.15, -0.1) is 0 Å². The molecule has 9 nitrogen and oxygen atoms in total. The van der Waals surface area contributed by atoms with Gasteiger partial charge in [-0.1, -0.05) is 30.3 Å². The first-order valence-corrected chi connectivity index (χ1v) is 11.9. The lowest BCUT2D eigenvalue weighted by Gasteiger charge is -2.30. The highest BCUT2D eigenvalue weighted by Gasteiger charge is 2.58. The molecule has 1 N–H and O–H groups in total. The smallest absolute Gasteiger partial charge is 0.353 e. The van der Waals surface area contributed by atoms with E-state index in [0.717, 1.165) is 25.7 Å². The summed E-state index contributed by atoms with van der Waals surface area (Å²) in [5.41, 5.74) is -1.68. The van der Waals surface area contributed by atoms with E-state index in [1.807, 2.05) is 18.2 Å². The van der Waals surface area contributed by atoms with Crippen molar-refractivity contribution in [2.45, 2.75) is 64.6 Å². The molecule has 0 amide bonds. The van der Waals surface area contributed by atoms with Crippen molar-refractivity contribution in [3.8, 4) is 0 Å². The van der Waals surface area contributed by atoms with E-state index in [2.05, 4.69) is 12.1 Å². The molecule has 192 valence electrons. The summed E-state index contributed by atoms with van der Waals surface area (Å²) in [6.07, 6.45) is 2.03. The van der Waals surface area contributed by atoms with Gasteiger partial charge in [0.15, 0.2) is 0 Å². The number of unbranched alkanes of at least 4 members (excludes halogenated alkanes) is 2. The van der Waals surface area contributed by atoms with Gasteiger partial charge < -0.3 is 28.8 Å². The van der Waals surface area contributed by atoms with Crippen molar-refractivity contribution >= 4 is 17.9 Å². The van der Waals surface area contributed by atoms with Crippen LogP contribution in [0.1, 0.15) is 52.0 Å². The zero-order valence-electron chi connectivity index (χ0n) is 20.5. The van der Waals surface area contributed by atoms with E-state index in [-0.39, 0.29) is 26.4 Å². The van der Waals surface area contributed by atoms with Gasteiger partial charge in [-0.25, -0.2) is 14.4 Å². The second kappa shape index (κ2) is 17.0. The normalized spacial score (nSPS) is 12.1. The highest BCUT2D eigenvalue weighted by atomic mass is 16.6. The molecule has 1 atom stereocenters. The van der Waals surface area contributed by atoms with Crippen LogP contribution in [0.15, 0.2) is 30.3 Å². The highest BCUT2D eigenvalue weighted by molar-refractivity contribution is 6.08. The van der Waals surface area contributed by atoms with Crippen molar-refractivity contribution in [1.29, 1.82) is 0 Å². The fourth-order valence-corrected chi connectivity index (χ4v) is 3.17. The Morgan fingerprint density at radius 3 is 1.94 bits per heavy atom. The Morgan fingerprint density at radius 1 is 0.794 bits per heavy atom. The highest BCUT2D eigenvalue weighted by Crippen LogP contribution is 2.21. The van der Waals surface area contributed by atoms with Crippen LogP contribution in [0.5, 0.6) is 0 Å². The third kappa shape index (κ3) is 9.79. The van der Waals surface area contributed by atoms with E-state index in [4.69, 9.17) is 23.7 Å². The monoisotopic (exact) mass is 482 g/mol. The third-order valence-electron chi connectivity index (χ3n) is 4.87. The molecule has 9 heteroatoms. The predicted octanol–water partition coefficient (Wildman–Crippen LogP) is 2.61. The number of carbonyl (C=O) groups excluding carboxylic acids is 3. The lowest BCUT2D eigenvalue weighted by molar-refractivity contribution is -0.208. The second-order valence-electron chi connectivity index (χ2n) is 7.47. The van der Waals surface area contributed by atoms with E-state index >= 15 is 0 Å². The molecule has 1 aromatic carbocycles. The van der Waals surface area contributed by atoms with Gasteiger partial charge in [-0.2, -0.15) is 0 Å². The van der Waals surface area contributed by atoms with E-state index in [1.54, 1.807) is 6.92 Å². The summed E-state index contributed by atoms with van der Waals surface area (Å²) in [5.74, 6) is -3.70. The predicted molar refractivity (Wildman–Crippen MR) is 124 cm³/mol. The van der Waals surface area contributed by atoms with Gasteiger partial charge in [-0.3, -0.25) is 0 Å². The van der Waals surface area contributed by atoms with Gasteiger partial charge in [0.2, 0.25) is 6.10 Å². The molecule has 1 unspecified atom stereocenters. The van der Waals surface area contributed by atoms with Crippen LogP contribution in [-0.4, -0.2) is 74.4 Å². The third-order valence-corrected chi connectivity index (χ3v) is 4.87. The number of aryl methyl sites for hydroxylation is 1. The summed E-state index contributed by atoms with van der Waals surface area (Å²) in [6.45, 7) is 5.60. The Balaban J connectivity index is 2.49. The van der Waals surface area contributed by atoms with E-state index in [0.29, 0.717) is 19.6 Å². The van der Waals surface area contributed by atoms with Crippen LogP contribution in [0.2, 0.25) is 0 Å². The molecule has 0 aromatic heterocycles. The Hall–Kier alpha value is -2.49. The summed E-state index contributed by atoms with van der Waals surface area (Å²) in [4.78, 5) is 37.2. The van der Waals surface area contributed by atoms with Crippen LogP contribution < -0.4 is 0 Å². The minimum absolute atomic E-state index is 0.0125. The zero-order valence-corrected chi connectivity index (χ0v) is 20.5. The van der Waals surface area contributed by atoms with Crippen LogP contribution in [0.3, 0.4) is 0 Å². The molecule has 0 aliphatic heterocycles. The maximum absolute atomic E-state index is 12.4.